The summed E-state index contributed by atoms with van der Waals surface area (Å²) in [5.74, 6) is 0.0273. The summed E-state index contributed by atoms with van der Waals surface area (Å²) in [5.41, 5.74) is 2.39. The lowest BCUT2D eigenvalue weighted by atomic mass is 10.2. The monoisotopic (exact) mass is 230 g/mol. The number of hydrogen-bond acceptors (Lipinski definition) is 2. The van der Waals surface area contributed by atoms with E-state index >= 15 is 0 Å². The minimum Gasteiger partial charge on any atom is -0.293 e. The summed E-state index contributed by atoms with van der Waals surface area (Å²) in [7, 11) is 0. The fourth-order valence-corrected chi connectivity index (χ4v) is 1.52. The highest BCUT2D eigenvalue weighted by molar-refractivity contribution is 5.93. The molecule has 2 aromatic rings. The molecule has 0 unspecified atom stereocenters. The number of carbonyl (C=O) groups excluding carboxylic acids is 1. The molecule has 3 heteroatoms. The zero-order chi connectivity index (χ0) is 12.8. The first-order chi connectivity index (χ1) is 8.18. The molecule has 1 aromatic carbocycles. The number of rotatable bonds is 2. The van der Waals surface area contributed by atoms with Crippen LogP contribution in [0.4, 0.5) is 0 Å². The second-order valence-corrected chi connectivity index (χ2v) is 3.47. The highest BCUT2D eigenvalue weighted by Gasteiger charge is 2.10. The Labute approximate surface area is 102 Å². The van der Waals surface area contributed by atoms with E-state index in [0.717, 1.165) is 11.4 Å². The van der Waals surface area contributed by atoms with Gasteiger partial charge in [-0.3, -0.25) is 4.79 Å². The van der Waals surface area contributed by atoms with Crippen molar-refractivity contribution in [1.29, 1.82) is 0 Å². The molecule has 0 atom stereocenters. The zero-order valence-electron chi connectivity index (χ0n) is 10.8. The van der Waals surface area contributed by atoms with Crippen LogP contribution in [0.2, 0.25) is 0 Å². The van der Waals surface area contributed by atoms with E-state index in [1.165, 1.54) is 0 Å². The number of carbonyl (C=O) groups is 1. The molecule has 0 aliphatic rings. The van der Waals surface area contributed by atoms with Crippen LogP contribution in [0.3, 0.4) is 0 Å². The van der Waals surface area contributed by atoms with Crippen LogP contribution in [-0.4, -0.2) is 15.6 Å². The predicted molar refractivity (Wildman–Crippen MR) is 69.7 cm³/mol. The summed E-state index contributed by atoms with van der Waals surface area (Å²) >= 11 is 0. The van der Waals surface area contributed by atoms with Gasteiger partial charge in [-0.05, 0) is 25.1 Å². The zero-order valence-corrected chi connectivity index (χ0v) is 10.8. The topological polar surface area (TPSA) is 34.9 Å². The largest absolute Gasteiger partial charge is 0.293 e. The number of Topliss-reactive ketones (excluding diaryl/α,β-unsaturated/α-hetero) is 1. The number of aryl methyl sites for hydroxylation is 1. The Morgan fingerprint density at radius 3 is 2.29 bits per heavy atom. The number of hydrogen-bond donors (Lipinski definition) is 0. The number of nitrogens with zero attached hydrogens (tertiary/aromatic N) is 2. The molecule has 0 amide bonds. The summed E-state index contributed by atoms with van der Waals surface area (Å²) in [6.45, 7) is 7.43. The van der Waals surface area contributed by atoms with Gasteiger partial charge in [-0.1, -0.05) is 32.0 Å². The highest BCUT2D eigenvalue weighted by Crippen LogP contribution is 2.12. The summed E-state index contributed by atoms with van der Waals surface area (Å²) in [4.78, 5) is 11.4. The van der Waals surface area contributed by atoms with Gasteiger partial charge in [-0.2, -0.15) is 5.10 Å². The minimum atomic E-state index is 0.0273. The van der Waals surface area contributed by atoms with Gasteiger partial charge in [0, 0.05) is 6.92 Å². The molecule has 0 radical (unpaired) electrons. The molecule has 17 heavy (non-hydrogen) atoms. The van der Waals surface area contributed by atoms with Gasteiger partial charge in [-0.15, -0.1) is 0 Å². The third-order valence-corrected chi connectivity index (χ3v) is 2.19. The third kappa shape index (κ3) is 3.03. The van der Waals surface area contributed by atoms with Crippen molar-refractivity contribution in [2.45, 2.75) is 27.7 Å². The van der Waals surface area contributed by atoms with E-state index in [2.05, 4.69) is 5.10 Å². The van der Waals surface area contributed by atoms with Crippen LogP contribution in [0.1, 0.15) is 37.0 Å². The molecule has 0 fully saturated rings. The van der Waals surface area contributed by atoms with Crippen LogP contribution in [-0.2, 0) is 0 Å². The Morgan fingerprint density at radius 2 is 1.76 bits per heavy atom. The Morgan fingerprint density at radius 1 is 1.18 bits per heavy atom. The molecule has 0 saturated heterocycles. The number of aromatic nitrogens is 2. The van der Waals surface area contributed by atoms with Gasteiger partial charge in [0.15, 0.2) is 5.78 Å². The van der Waals surface area contributed by atoms with Gasteiger partial charge in [-0.25, -0.2) is 4.68 Å². The van der Waals surface area contributed by atoms with E-state index < -0.39 is 0 Å². The Bertz CT molecular complexity index is 486. The van der Waals surface area contributed by atoms with Crippen molar-refractivity contribution in [3.05, 3.63) is 47.8 Å². The average Bonchev–Trinajstić information content (AvgIpc) is 2.75. The van der Waals surface area contributed by atoms with Crippen molar-refractivity contribution in [3.8, 4) is 5.69 Å². The summed E-state index contributed by atoms with van der Waals surface area (Å²) in [6.07, 6.45) is 0. The van der Waals surface area contributed by atoms with E-state index in [1.54, 1.807) is 17.7 Å². The standard InChI is InChI=1S/C12H12N2O.C2H6/c1-9-8-12(10(2)15)14(13-9)11-6-4-3-5-7-11;1-2/h3-8H,1-2H3;1-2H3. The van der Waals surface area contributed by atoms with E-state index in [9.17, 15) is 4.79 Å². The van der Waals surface area contributed by atoms with Gasteiger partial charge in [0.1, 0.15) is 5.69 Å². The van der Waals surface area contributed by atoms with E-state index in [4.69, 9.17) is 0 Å². The fourth-order valence-electron chi connectivity index (χ4n) is 1.52. The van der Waals surface area contributed by atoms with Crippen molar-refractivity contribution >= 4 is 5.78 Å². The van der Waals surface area contributed by atoms with Crippen molar-refractivity contribution in [1.82, 2.24) is 9.78 Å². The Hall–Kier alpha value is -1.90. The first kappa shape index (κ1) is 13.2. The van der Waals surface area contributed by atoms with Crippen LogP contribution in [0, 0.1) is 6.92 Å². The third-order valence-electron chi connectivity index (χ3n) is 2.19. The first-order valence-corrected chi connectivity index (χ1v) is 5.81. The molecule has 90 valence electrons. The van der Waals surface area contributed by atoms with Crippen LogP contribution >= 0.6 is 0 Å². The maximum atomic E-state index is 11.4. The maximum Gasteiger partial charge on any atom is 0.178 e. The SMILES string of the molecule is CC.CC(=O)c1cc(C)nn1-c1ccccc1. The van der Waals surface area contributed by atoms with Crippen LogP contribution in [0.15, 0.2) is 36.4 Å². The minimum absolute atomic E-state index is 0.0273. The molecule has 1 aromatic heterocycles. The van der Waals surface area contributed by atoms with E-state index in [1.807, 2.05) is 51.1 Å². The highest BCUT2D eigenvalue weighted by atomic mass is 16.1. The maximum absolute atomic E-state index is 11.4. The van der Waals surface area contributed by atoms with Crippen molar-refractivity contribution in [3.63, 3.8) is 0 Å². The second kappa shape index (κ2) is 5.99. The lowest BCUT2D eigenvalue weighted by Crippen LogP contribution is -2.05. The first-order valence-electron chi connectivity index (χ1n) is 5.81. The van der Waals surface area contributed by atoms with Crippen LogP contribution in [0.5, 0.6) is 0 Å². The Balaban J connectivity index is 0.000000686. The van der Waals surface area contributed by atoms with Gasteiger partial charge in [0.25, 0.3) is 0 Å². The van der Waals surface area contributed by atoms with Gasteiger partial charge in [0.2, 0.25) is 0 Å². The molecule has 0 aliphatic heterocycles. The van der Waals surface area contributed by atoms with Gasteiger partial charge < -0.3 is 0 Å². The van der Waals surface area contributed by atoms with Crippen molar-refractivity contribution in [2.75, 3.05) is 0 Å². The molecular formula is C14H18N2O. The predicted octanol–water partition coefficient (Wildman–Crippen LogP) is 3.41. The van der Waals surface area contributed by atoms with Crippen LogP contribution < -0.4 is 0 Å². The number of benzene rings is 1. The quantitative estimate of drug-likeness (QED) is 0.741. The molecule has 0 spiro atoms. The van der Waals surface area contributed by atoms with E-state index in [-0.39, 0.29) is 5.78 Å². The normalized spacial score (nSPS) is 9.41. The lowest BCUT2D eigenvalue weighted by Gasteiger charge is -2.03. The summed E-state index contributed by atoms with van der Waals surface area (Å²) < 4.78 is 1.68. The van der Waals surface area contributed by atoms with Crippen LogP contribution in [0.25, 0.3) is 5.69 Å². The van der Waals surface area contributed by atoms with Crippen molar-refractivity contribution in [2.24, 2.45) is 0 Å². The number of ketones is 1. The summed E-state index contributed by atoms with van der Waals surface area (Å²) in [6, 6.07) is 11.5. The van der Waals surface area contributed by atoms with Gasteiger partial charge >= 0.3 is 0 Å². The molecular weight excluding hydrogens is 212 g/mol. The average molecular weight is 230 g/mol. The molecule has 0 saturated carbocycles. The second-order valence-electron chi connectivity index (χ2n) is 3.47. The fraction of sp³-hybridized carbons (Fsp3) is 0.286. The molecule has 2 rings (SSSR count). The number of para-hydroxylation sites is 1. The van der Waals surface area contributed by atoms with E-state index in [0.29, 0.717) is 5.69 Å². The lowest BCUT2D eigenvalue weighted by molar-refractivity contribution is 0.101. The summed E-state index contributed by atoms with van der Waals surface area (Å²) in [5, 5.41) is 4.30. The molecule has 0 aliphatic carbocycles. The smallest absolute Gasteiger partial charge is 0.178 e. The van der Waals surface area contributed by atoms with Crippen molar-refractivity contribution < 1.29 is 4.79 Å². The molecule has 3 nitrogen and oxygen atoms in total. The van der Waals surface area contributed by atoms with Gasteiger partial charge in [0.05, 0.1) is 11.4 Å². The molecule has 1 heterocycles. The molecule has 0 N–H and O–H groups in total. The molecule has 0 bridgehead atoms. The Kier molecular flexibility index (Phi) is 4.64.